The lowest BCUT2D eigenvalue weighted by Crippen LogP contribution is -2.42. The Balaban J connectivity index is 1.82. The fourth-order valence-corrected chi connectivity index (χ4v) is 3.12. The molecule has 0 atom stereocenters. The molecule has 0 radical (unpaired) electrons. The second-order valence-electron chi connectivity index (χ2n) is 5.52. The van der Waals surface area contributed by atoms with E-state index in [1.807, 2.05) is 35.7 Å². The summed E-state index contributed by atoms with van der Waals surface area (Å²) >= 11 is 1.50. The molecule has 0 bridgehead atoms. The zero-order valence-corrected chi connectivity index (χ0v) is 12.9. The van der Waals surface area contributed by atoms with Crippen molar-refractivity contribution in [2.24, 2.45) is 11.1 Å². The van der Waals surface area contributed by atoms with Crippen molar-refractivity contribution in [2.45, 2.75) is 25.9 Å². The number of carbonyl (C=O) groups is 2. The highest BCUT2D eigenvalue weighted by Gasteiger charge is 2.57. The van der Waals surface area contributed by atoms with E-state index in [4.69, 9.17) is 5.73 Å². The number of nitrogens with zero attached hydrogens (tertiary/aromatic N) is 2. The van der Waals surface area contributed by atoms with E-state index < -0.39 is 11.3 Å². The van der Waals surface area contributed by atoms with Gasteiger partial charge in [0.2, 0.25) is 11.8 Å². The average molecular weight is 315 g/mol. The molecule has 0 aliphatic heterocycles. The SMILES string of the molecule is NC(=O)C1(C(=O)N(Cc2ccccc2)Cc2nccs2)CC1. The Morgan fingerprint density at radius 2 is 1.95 bits per heavy atom. The van der Waals surface area contributed by atoms with Gasteiger partial charge in [0.25, 0.3) is 0 Å². The van der Waals surface area contributed by atoms with Gasteiger partial charge in [-0.05, 0) is 18.4 Å². The molecule has 1 saturated carbocycles. The Kier molecular flexibility index (Phi) is 3.94. The van der Waals surface area contributed by atoms with E-state index >= 15 is 0 Å². The highest BCUT2D eigenvalue weighted by molar-refractivity contribution is 7.09. The molecule has 2 N–H and O–H groups in total. The third kappa shape index (κ3) is 2.87. The van der Waals surface area contributed by atoms with Gasteiger partial charge < -0.3 is 10.6 Å². The van der Waals surface area contributed by atoms with Crippen LogP contribution in [0.3, 0.4) is 0 Å². The average Bonchev–Trinajstić information content (AvgIpc) is 3.19. The molecule has 1 aromatic heterocycles. The Morgan fingerprint density at radius 3 is 2.50 bits per heavy atom. The van der Waals surface area contributed by atoms with Crippen LogP contribution in [0.1, 0.15) is 23.4 Å². The van der Waals surface area contributed by atoms with Crippen molar-refractivity contribution in [1.82, 2.24) is 9.88 Å². The van der Waals surface area contributed by atoms with Crippen molar-refractivity contribution >= 4 is 23.2 Å². The summed E-state index contributed by atoms with van der Waals surface area (Å²) in [6, 6.07) is 9.73. The molecule has 0 spiro atoms. The Bertz CT molecular complexity index is 666. The van der Waals surface area contributed by atoms with Gasteiger partial charge in [0, 0.05) is 18.1 Å². The van der Waals surface area contributed by atoms with E-state index in [1.165, 1.54) is 11.3 Å². The van der Waals surface area contributed by atoms with Crippen LogP contribution in [0, 0.1) is 5.41 Å². The number of aromatic nitrogens is 1. The number of primary amides is 1. The van der Waals surface area contributed by atoms with E-state index in [9.17, 15) is 9.59 Å². The van der Waals surface area contributed by atoms with Crippen molar-refractivity contribution in [2.75, 3.05) is 0 Å². The van der Waals surface area contributed by atoms with Crippen LogP contribution < -0.4 is 5.73 Å². The number of benzene rings is 1. The van der Waals surface area contributed by atoms with Gasteiger partial charge in [-0.15, -0.1) is 11.3 Å². The third-order valence-electron chi connectivity index (χ3n) is 3.94. The third-order valence-corrected chi connectivity index (χ3v) is 4.71. The van der Waals surface area contributed by atoms with Crippen LogP contribution in [-0.4, -0.2) is 21.7 Å². The highest BCUT2D eigenvalue weighted by Crippen LogP contribution is 2.47. The largest absolute Gasteiger partial charge is 0.369 e. The first kappa shape index (κ1) is 14.7. The highest BCUT2D eigenvalue weighted by atomic mass is 32.1. The number of hydrogen-bond acceptors (Lipinski definition) is 4. The van der Waals surface area contributed by atoms with Gasteiger partial charge in [0.15, 0.2) is 0 Å². The molecular formula is C16H17N3O2S. The summed E-state index contributed by atoms with van der Waals surface area (Å²) in [7, 11) is 0. The molecule has 114 valence electrons. The van der Waals surface area contributed by atoms with Crippen LogP contribution in [0.5, 0.6) is 0 Å². The molecule has 1 aromatic carbocycles. The van der Waals surface area contributed by atoms with Crippen LogP contribution in [-0.2, 0) is 22.7 Å². The number of rotatable bonds is 6. The van der Waals surface area contributed by atoms with E-state index in [2.05, 4.69) is 4.98 Å². The second-order valence-corrected chi connectivity index (χ2v) is 6.50. The summed E-state index contributed by atoms with van der Waals surface area (Å²) < 4.78 is 0. The molecule has 1 fully saturated rings. The molecule has 2 amide bonds. The molecule has 0 unspecified atom stereocenters. The molecular weight excluding hydrogens is 298 g/mol. The molecule has 3 rings (SSSR count). The van der Waals surface area contributed by atoms with Crippen molar-refractivity contribution in [3.63, 3.8) is 0 Å². The van der Waals surface area contributed by atoms with Gasteiger partial charge in [-0.1, -0.05) is 30.3 Å². The van der Waals surface area contributed by atoms with E-state index in [-0.39, 0.29) is 5.91 Å². The normalized spacial score (nSPS) is 15.3. The first-order valence-corrected chi connectivity index (χ1v) is 8.01. The van der Waals surface area contributed by atoms with Gasteiger partial charge in [-0.3, -0.25) is 9.59 Å². The molecule has 1 heterocycles. The molecule has 6 heteroatoms. The first-order chi connectivity index (χ1) is 10.6. The first-order valence-electron chi connectivity index (χ1n) is 7.13. The lowest BCUT2D eigenvalue weighted by Gasteiger charge is -2.25. The zero-order valence-electron chi connectivity index (χ0n) is 12.1. The van der Waals surface area contributed by atoms with Crippen LogP contribution in [0.25, 0.3) is 0 Å². The predicted octanol–water partition coefficient (Wildman–Crippen LogP) is 1.94. The predicted molar refractivity (Wildman–Crippen MR) is 83.7 cm³/mol. The summed E-state index contributed by atoms with van der Waals surface area (Å²) in [5.41, 5.74) is 5.47. The van der Waals surface area contributed by atoms with Crippen molar-refractivity contribution in [3.8, 4) is 0 Å². The fourth-order valence-electron chi connectivity index (χ4n) is 2.49. The number of hydrogen-bond donors (Lipinski definition) is 1. The molecule has 2 aromatic rings. The van der Waals surface area contributed by atoms with E-state index in [0.717, 1.165) is 10.6 Å². The molecule has 1 aliphatic rings. The maximum Gasteiger partial charge on any atom is 0.238 e. The minimum atomic E-state index is -0.994. The smallest absolute Gasteiger partial charge is 0.238 e. The molecule has 22 heavy (non-hydrogen) atoms. The summed E-state index contributed by atoms with van der Waals surface area (Å²) in [5, 5.41) is 2.73. The van der Waals surface area contributed by atoms with Gasteiger partial charge in [0.1, 0.15) is 10.4 Å². The standard InChI is InChI=1S/C16H17N3O2S/c17-14(20)16(6-7-16)15(21)19(11-13-18-8-9-22-13)10-12-4-2-1-3-5-12/h1-5,8-9H,6-7,10-11H2,(H2,17,20). The minimum absolute atomic E-state index is 0.181. The lowest BCUT2D eigenvalue weighted by atomic mass is 10.0. The monoisotopic (exact) mass is 315 g/mol. The summed E-state index contributed by atoms with van der Waals surface area (Å²) in [6.07, 6.45) is 2.81. The Morgan fingerprint density at radius 1 is 1.23 bits per heavy atom. The number of carbonyl (C=O) groups excluding carboxylic acids is 2. The number of nitrogens with two attached hydrogens (primary N) is 1. The van der Waals surface area contributed by atoms with Crippen LogP contribution in [0.15, 0.2) is 41.9 Å². The van der Waals surface area contributed by atoms with E-state index in [1.54, 1.807) is 11.1 Å². The summed E-state index contributed by atoms with van der Waals surface area (Å²) in [4.78, 5) is 30.4. The fraction of sp³-hybridized carbons (Fsp3) is 0.312. The summed E-state index contributed by atoms with van der Waals surface area (Å²) in [6.45, 7) is 0.856. The van der Waals surface area contributed by atoms with Crippen LogP contribution >= 0.6 is 11.3 Å². The van der Waals surface area contributed by atoms with Crippen molar-refractivity contribution < 1.29 is 9.59 Å². The topological polar surface area (TPSA) is 76.3 Å². The van der Waals surface area contributed by atoms with Gasteiger partial charge >= 0.3 is 0 Å². The maximum atomic E-state index is 12.8. The summed E-state index contributed by atoms with van der Waals surface area (Å²) in [5.74, 6) is -0.700. The Hall–Kier alpha value is -2.21. The molecule has 1 aliphatic carbocycles. The second kappa shape index (κ2) is 5.88. The van der Waals surface area contributed by atoms with Gasteiger partial charge in [-0.2, -0.15) is 0 Å². The lowest BCUT2D eigenvalue weighted by molar-refractivity contribution is -0.144. The van der Waals surface area contributed by atoms with Gasteiger partial charge in [0.05, 0.1) is 6.54 Å². The van der Waals surface area contributed by atoms with Crippen LogP contribution in [0.2, 0.25) is 0 Å². The quantitative estimate of drug-likeness (QED) is 0.828. The zero-order chi connectivity index (χ0) is 15.6. The number of amides is 2. The van der Waals surface area contributed by atoms with E-state index in [0.29, 0.717) is 25.9 Å². The molecule has 0 saturated heterocycles. The van der Waals surface area contributed by atoms with Crippen molar-refractivity contribution in [3.05, 3.63) is 52.5 Å². The van der Waals surface area contributed by atoms with Gasteiger partial charge in [-0.25, -0.2) is 4.98 Å². The number of thiazole rings is 1. The molecule has 5 nitrogen and oxygen atoms in total. The minimum Gasteiger partial charge on any atom is -0.369 e. The maximum absolute atomic E-state index is 12.8. The van der Waals surface area contributed by atoms with Crippen molar-refractivity contribution in [1.29, 1.82) is 0 Å². The van der Waals surface area contributed by atoms with Crippen LogP contribution in [0.4, 0.5) is 0 Å². The Labute approximate surface area is 132 Å².